The van der Waals surface area contributed by atoms with Crippen LogP contribution in [0.25, 0.3) is 0 Å². The normalized spacial score (nSPS) is 18.4. The van der Waals surface area contributed by atoms with Crippen LogP contribution in [0, 0.1) is 0 Å². The first-order chi connectivity index (χ1) is 9.04. The highest BCUT2D eigenvalue weighted by Gasteiger charge is 2.11. The number of hydrogen-bond acceptors (Lipinski definition) is 2. The van der Waals surface area contributed by atoms with Crippen LogP contribution in [0.5, 0.6) is 0 Å². The Labute approximate surface area is 116 Å². The van der Waals surface area contributed by atoms with Crippen LogP contribution in [0.1, 0.15) is 33.1 Å². The highest BCUT2D eigenvalue weighted by Crippen LogP contribution is 2.18. The van der Waals surface area contributed by atoms with E-state index < -0.39 is 5.91 Å². The standard InChI is InChI=1S/C16H24N2O/c1-4-15(18-10-6-5-7-11-18)12-14(3)13(2)8-9-16(17)19/h4,8-9,12H,1,5-7,10-11H2,2-3H3,(H2,17,19)/b9-8+,14-13+,15-12+. The minimum absolute atomic E-state index is 0.420. The third-order valence-corrected chi connectivity index (χ3v) is 3.41. The van der Waals surface area contributed by atoms with Crippen LogP contribution in [0.3, 0.4) is 0 Å². The topological polar surface area (TPSA) is 46.3 Å². The molecule has 19 heavy (non-hydrogen) atoms. The van der Waals surface area contributed by atoms with Crippen molar-refractivity contribution in [3.05, 3.63) is 47.7 Å². The Morgan fingerprint density at radius 1 is 1.11 bits per heavy atom. The predicted molar refractivity (Wildman–Crippen MR) is 80.4 cm³/mol. The molecule has 0 aromatic rings. The summed E-state index contributed by atoms with van der Waals surface area (Å²) in [5, 5.41) is 0. The molecule has 1 fully saturated rings. The van der Waals surface area contributed by atoms with E-state index in [1.54, 1.807) is 6.08 Å². The molecular formula is C16H24N2O. The van der Waals surface area contributed by atoms with Gasteiger partial charge in [-0.05, 0) is 56.4 Å². The van der Waals surface area contributed by atoms with E-state index in [1.807, 2.05) is 19.9 Å². The summed E-state index contributed by atoms with van der Waals surface area (Å²) in [7, 11) is 0. The van der Waals surface area contributed by atoms with Crippen LogP contribution in [-0.4, -0.2) is 23.9 Å². The molecule has 104 valence electrons. The Bertz CT molecular complexity index is 424. The maximum Gasteiger partial charge on any atom is 0.241 e. The summed E-state index contributed by atoms with van der Waals surface area (Å²) in [6.07, 6.45) is 11.0. The smallest absolute Gasteiger partial charge is 0.241 e. The van der Waals surface area contributed by atoms with Crippen LogP contribution in [0.2, 0.25) is 0 Å². The summed E-state index contributed by atoms with van der Waals surface area (Å²) < 4.78 is 0. The van der Waals surface area contributed by atoms with E-state index in [-0.39, 0.29) is 0 Å². The molecule has 0 aromatic heterocycles. The highest BCUT2D eigenvalue weighted by molar-refractivity contribution is 5.86. The van der Waals surface area contributed by atoms with Crippen molar-refractivity contribution in [2.45, 2.75) is 33.1 Å². The average Bonchev–Trinajstić information content (AvgIpc) is 2.42. The average molecular weight is 260 g/mol. The molecule has 0 spiro atoms. The zero-order valence-corrected chi connectivity index (χ0v) is 12.0. The number of hydrogen-bond donors (Lipinski definition) is 1. The predicted octanol–water partition coefficient (Wildman–Crippen LogP) is 2.92. The Balaban J connectivity index is 2.86. The van der Waals surface area contributed by atoms with Crippen molar-refractivity contribution in [3.8, 4) is 0 Å². The van der Waals surface area contributed by atoms with Crippen molar-refractivity contribution >= 4 is 5.91 Å². The molecule has 1 amide bonds. The van der Waals surface area contributed by atoms with Gasteiger partial charge >= 0.3 is 0 Å². The highest BCUT2D eigenvalue weighted by atomic mass is 16.1. The van der Waals surface area contributed by atoms with Crippen molar-refractivity contribution in [1.82, 2.24) is 4.90 Å². The first-order valence-electron chi connectivity index (χ1n) is 6.78. The number of likely N-dealkylation sites (tertiary alicyclic amines) is 1. The molecule has 0 atom stereocenters. The summed E-state index contributed by atoms with van der Waals surface area (Å²) in [5.74, 6) is -0.420. The van der Waals surface area contributed by atoms with Gasteiger partial charge in [-0.2, -0.15) is 0 Å². The van der Waals surface area contributed by atoms with Gasteiger partial charge in [0, 0.05) is 24.9 Å². The SMILES string of the molecule is C=C\C(=C/C(C)=C(C)/C=C/C(N)=O)N1CCCCC1. The molecule has 0 bridgehead atoms. The summed E-state index contributed by atoms with van der Waals surface area (Å²) in [6, 6.07) is 0. The van der Waals surface area contributed by atoms with Gasteiger partial charge in [-0.3, -0.25) is 4.79 Å². The largest absolute Gasteiger partial charge is 0.372 e. The van der Waals surface area contributed by atoms with E-state index in [0.717, 1.165) is 29.9 Å². The molecule has 2 N–H and O–H groups in total. The first-order valence-corrected chi connectivity index (χ1v) is 6.78. The minimum atomic E-state index is -0.420. The van der Waals surface area contributed by atoms with Gasteiger partial charge in [-0.15, -0.1) is 0 Å². The van der Waals surface area contributed by atoms with Gasteiger partial charge in [0.05, 0.1) is 0 Å². The number of rotatable bonds is 5. The maximum atomic E-state index is 10.7. The van der Waals surface area contributed by atoms with Crippen molar-refractivity contribution < 1.29 is 4.79 Å². The Morgan fingerprint density at radius 2 is 1.74 bits per heavy atom. The van der Waals surface area contributed by atoms with E-state index >= 15 is 0 Å². The number of carbonyl (C=O) groups excluding carboxylic acids is 1. The molecule has 1 saturated heterocycles. The van der Waals surface area contributed by atoms with Gasteiger partial charge in [0.1, 0.15) is 0 Å². The maximum absolute atomic E-state index is 10.7. The summed E-state index contributed by atoms with van der Waals surface area (Å²) >= 11 is 0. The number of carbonyl (C=O) groups is 1. The van der Waals surface area contributed by atoms with Crippen LogP contribution >= 0.6 is 0 Å². The molecule has 1 heterocycles. The van der Waals surface area contributed by atoms with Gasteiger partial charge in [0.15, 0.2) is 0 Å². The van der Waals surface area contributed by atoms with Gasteiger partial charge in [0.25, 0.3) is 0 Å². The lowest BCUT2D eigenvalue weighted by Gasteiger charge is -2.29. The zero-order valence-electron chi connectivity index (χ0n) is 12.0. The molecular weight excluding hydrogens is 236 g/mol. The second kappa shape index (κ2) is 7.62. The van der Waals surface area contributed by atoms with Crippen molar-refractivity contribution in [3.63, 3.8) is 0 Å². The number of nitrogens with zero attached hydrogens (tertiary/aromatic N) is 1. The summed E-state index contributed by atoms with van der Waals surface area (Å²) in [6.45, 7) is 10.1. The lowest BCUT2D eigenvalue weighted by Crippen LogP contribution is -2.28. The fourth-order valence-corrected chi connectivity index (χ4v) is 2.11. The van der Waals surface area contributed by atoms with Gasteiger partial charge in [-0.25, -0.2) is 0 Å². The third-order valence-electron chi connectivity index (χ3n) is 3.41. The molecule has 0 aromatic carbocycles. The summed E-state index contributed by atoms with van der Waals surface area (Å²) in [5.41, 5.74) is 8.41. The minimum Gasteiger partial charge on any atom is -0.372 e. The van der Waals surface area contributed by atoms with Crippen LogP contribution in [-0.2, 0) is 4.79 Å². The van der Waals surface area contributed by atoms with Gasteiger partial charge < -0.3 is 10.6 Å². The molecule has 3 heteroatoms. The van der Waals surface area contributed by atoms with Crippen LogP contribution < -0.4 is 5.73 Å². The second-order valence-corrected chi connectivity index (χ2v) is 4.92. The molecule has 0 unspecified atom stereocenters. The lowest BCUT2D eigenvalue weighted by molar-refractivity contribution is -0.113. The monoisotopic (exact) mass is 260 g/mol. The van der Waals surface area contributed by atoms with E-state index in [1.165, 1.54) is 25.3 Å². The van der Waals surface area contributed by atoms with Gasteiger partial charge in [-0.1, -0.05) is 12.7 Å². The first kappa shape index (κ1) is 15.3. The number of nitrogens with two attached hydrogens (primary N) is 1. The fourth-order valence-electron chi connectivity index (χ4n) is 2.11. The van der Waals surface area contributed by atoms with E-state index in [0.29, 0.717) is 0 Å². The van der Waals surface area contributed by atoms with E-state index in [9.17, 15) is 4.79 Å². The molecule has 1 rings (SSSR count). The van der Waals surface area contributed by atoms with Crippen LogP contribution in [0.4, 0.5) is 0 Å². The lowest BCUT2D eigenvalue weighted by atomic mass is 10.1. The molecule has 0 saturated carbocycles. The van der Waals surface area contributed by atoms with Gasteiger partial charge in [0.2, 0.25) is 5.91 Å². The number of amides is 1. The number of piperidine rings is 1. The van der Waals surface area contributed by atoms with Crippen molar-refractivity contribution in [1.29, 1.82) is 0 Å². The van der Waals surface area contributed by atoms with E-state index in [2.05, 4.69) is 17.6 Å². The molecule has 3 nitrogen and oxygen atoms in total. The Kier molecular flexibility index (Phi) is 6.13. The Morgan fingerprint density at radius 3 is 2.26 bits per heavy atom. The molecule has 1 aliphatic rings. The molecule has 0 radical (unpaired) electrons. The number of allylic oxidation sites excluding steroid dienone is 5. The van der Waals surface area contributed by atoms with Crippen LogP contribution in [0.15, 0.2) is 47.7 Å². The number of primary amides is 1. The third kappa shape index (κ3) is 5.16. The van der Waals surface area contributed by atoms with Crippen molar-refractivity contribution in [2.24, 2.45) is 5.73 Å². The summed E-state index contributed by atoms with van der Waals surface area (Å²) in [4.78, 5) is 13.1. The van der Waals surface area contributed by atoms with E-state index in [4.69, 9.17) is 5.73 Å². The zero-order chi connectivity index (χ0) is 14.3. The molecule has 0 aliphatic carbocycles. The second-order valence-electron chi connectivity index (χ2n) is 4.92. The fraction of sp³-hybridized carbons (Fsp3) is 0.438. The molecule has 1 aliphatic heterocycles. The Hall–Kier alpha value is -1.77. The quantitative estimate of drug-likeness (QED) is 0.610. The van der Waals surface area contributed by atoms with Crippen molar-refractivity contribution in [2.75, 3.05) is 13.1 Å².